The fraction of sp³-hybridized carbons (Fsp3) is 0.250. The van der Waals surface area contributed by atoms with E-state index >= 15 is 0 Å². The lowest BCUT2D eigenvalue weighted by Crippen LogP contribution is -2.05. The van der Waals surface area contributed by atoms with Crippen LogP contribution in [0, 0.1) is 0 Å². The third-order valence-electron chi connectivity index (χ3n) is 2.54. The van der Waals surface area contributed by atoms with Gasteiger partial charge in [0.05, 0.1) is 6.10 Å². The van der Waals surface area contributed by atoms with E-state index in [2.05, 4.69) is 0 Å². The lowest BCUT2D eigenvalue weighted by molar-refractivity contribution is 0.241. The molecule has 0 atom stereocenters. The highest BCUT2D eigenvalue weighted by Gasteiger charge is 1.99. The second-order valence-corrected chi connectivity index (χ2v) is 4.59. The summed E-state index contributed by atoms with van der Waals surface area (Å²) < 4.78 is 11.2. The Bertz CT molecular complexity index is 501. The Labute approximate surface area is 113 Å². The maximum absolute atomic E-state index is 9.19. The fourth-order valence-electron chi connectivity index (χ4n) is 1.65. The van der Waals surface area contributed by atoms with Crippen LogP contribution in [0.3, 0.4) is 0 Å². The standard InChI is InChI=1S/C16H18O3/c1-12(2)19-16-9-7-15(8-10-16)18-11-13-3-5-14(17)6-4-13/h3-10,12,17H,11H2,1-2H3. The number of hydrogen-bond acceptors (Lipinski definition) is 3. The maximum atomic E-state index is 9.19. The average molecular weight is 258 g/mol. The van der Waals surface area contributed by atoms with Gasteiger partial charge in [0.1, 0.15) is 23.9 Å². The molecule has 0 radical (unpaired) electrons. The van der Waals surface area contributed by atoms with Crippen LogP contribution < -0.4 is 9.47 Å². The lowest BCUT2D eigenvalue weighted by atomic mass is 10.2. The van der Waals surface area contributed by atoms with E-state index in [9.17, 15) is 5.11 Å². The molecule has 0 aliphatic heterocycles. The molecule has 3 heteroatoms. The van der Waals surface area contributed by atoms with E-state index in [1.807, 2.05) is 50.2 Å². The number of aromatic hydroxyl groups is 1. The first-order chi connectivity index (χ1) is 9.13. The van der Waals surface area contributed by atoms with E-state index in [1.54, 1.807) is 12.1 Å². The van der Waals surface area contributed by atoms with E-state index in [1.165, 1.54) is 0 Å². The molecule has 2 aromatic rings. The number of phenols is 1. The predicted molar refractivity (Wildman–Crippen MR) is 74.6 cm³/mol. The van der Waals surface area contributed by atoms with Gasteiger partial charge in [0.25, 0.3) is 0 Å². The molecule has 0 heterocycles. The Morgan fingerprint density at radius 1 is 0.895 bits per heavy atom. The van der Waals surface area contributed by atoms with Crippen molar-refractivity contribution in [2.75, 3.05) is 0 Å². The molecule has 19 heavy (non-hydrogen) atoms. The van der Waals surface area contributed by atoms with Crippen molar-refractivity contribution in [3.63, 3.8) is 0 Å². The van der Waals surface area contributed by atoms with Crippen molar-refractivity contribution in [3.8, 4) is 17.2 Å². The minimum Gasteiger partial charge on any atom is -0.508 e. The highest BCUT2D eigenvalue weighted by atomic mass is 16.5. The van der Waals surface area contributed by atoms with Gasteiger partial charge in [0.2, 0.25) is 0 Å². The molecular formula is C16H18O3. The van der Waals surface area contributed by atoms with Gasteiger partial charge in [-0.1, -0.05) is 12.1 Å². The van der Waals surface area contributed by atoms with E-state index < -0.39 is 0 Å². The molecule has 2 aromatic carbocycles. The summed E-state index contributed by atoms with van der Waals surface area (Å²) in [6.07, 6.45) is 0.170. The summed E-state index contributed by atoms with van der Waals surface area (Å²) in [7, 11) is 0. The molecule has 0 spiro atoms. The summed E-state index contributed by atoms with van der Waals surface area (Å²) >= 11 is 0. The maximum Gasteiger partial charge on any atom is 0.120 e. The zero-order valence-corrected chi connectivity index (χ0v) is 11.2. The predicted octanol–water partition coefficient (Wildman–Crippen LogP) is 3.76. The molecule has 0 unspecified atom stereocenters. The Morgan fingerprint density at radius 2 is 1.47 bits per heavy atom. The summed E-state index contributed by atoms with van der Waals surface area (Å²) in [4.78, 5) is 0. The Hall–Kier alpha value is -2.16. The number of phenolic OH excluding ortho intramolecular Hbond substituents is 1. The molecule has 0 aliphatic carbocycles. The third-order valence-corrected chi connectivity index (χ3v) is 2.54. The molecule has 0 bridgehead atoms. The number of rotatable bonds is 5. The van der Waals surface area contributed by atoms with Crippen LogP contribution in [0.1, 0.15) is 19.4 Å². The molecule has 3 nitrogen and oxygen atoms in total. The van der Waals surface area contributed by atoms with Crippen LogP contribution in [0.2, 0.25) is 0 Å². The number of ether oxygens (including phenoxy) is 2. The van der Waals surface area contributed by atoms with E-state index in [-0.39, 0.29) is 11.9 Å². The summed E-state index contributed by atoms with van der Waals surface area (Å²) in [5.41, 5.74) is 1.01. The highest BCUT2D eigenvalue weighted by molar-refractivity contribution is 5.32. The third kappa shape index (κ3) is 4.21. The normalized spacial score (nSPS) is 10.5. The van der Waals surface area contributed by atoms with Crippen LogP contribution in [0.15, 0.2) is 48.5 Å². The van der Waals surface area contributed by atoms with Gasteiger partial charge in [-0.2, -0.15) is 0 Å². The van der Waals surface area contributed by atoms with Crippen molar-refractivity contribution in [3.05, 3.63) is 54.1 Å². The molecule has 2 rings (SSSR count). The molecule has 0 amide bonds. The average Bonchev–Trinajstić information content (AvgIpc) is 2.39. The van der Waals surface area contributed by atoms with Crippen molar-refractivity contribution >= 4 is 0 Å². The Morgan fingerprint density at radius 3 is 2.05 bits per heavy atom. The van der Waals surface area contributed by atoms with Crippen LogP contribution in [0.4, 0.5) is 0 Å². The first kappa shape index (κ1) is 13.3. The van der Waals surface area contributed by atoms with Gasteiger partial charge in [0, 0.05) is 0 Å². The highest BCUT2D eigenvalue weighted by Crippen LogP contribution is 2.20. The zero-order chi connectivity index (χ0) is 13.7. The second kappa shape index (κ2) is 6.14. The molecule has 0 saturated heterocycles. The van der Waals surface area contributed by atoms with Crippen molar-refractivity contribution in [2.24, 2.45) is 0 Å². The van der Waals surface area contributed by atoms with Gasteiger partial charge < -0.3 is 14.6 Å². The smallest absolute Gasteiger partial charge is 0.120 e. The molecule has 0 saturated carbocycles. The van der Waals surface area contributed by atoms with Crippen molar-refractivity contribution in [1.82, 2.24) is 0 Å². The van der Waals surface area contributed by atoms with Gasteiger partial charge >= 0.3 is 0 Å². The first-order valence-electron chi connectivity index (χ1n) is 6.31. The first-order valence-corrected chi connectivity index (χ1v) is 6.31. The van der Waals surface area contributed by atoms with Crippen LogP contribution in [0.25, 0.3) is 0 Å². The molecular weight excluding hydrogens is 240 g/mol. The molecule has 0 aromatic heterocycles. The minimum absolute atomic E-state index is 0.170. The quantitative estimate of drug-likeness (QED) is 0.887. The van der Waals surface area contributed by atoms with Crippen molar-refractivity contribution in [2.45, 2.75) is 26.6 Å². The van der Waals surface area contributed by atoms with Gasteiger partial charge in [-0.15, -0.1) is 0 Å². The SMILES string of the molecule is CC(C)Oc1ccc(OCc2ccc(O)cc2)cc1. The van der Waals surface area contributed by atoms with Crippen molar-refractivity contribution in [1.29, 1.82) is 0 Å². The Kier molecular flexibility index (Phi) is 4.29. The summed E-state index contributed by atoms with van der Waals surface area (Å²) in [5.74, 6) is 1.90. The minimum atomic E-state index is 0.170. The zero-order valence-electron chi connectivity index (χ0n) is 11.2. The summed E-state index contributed by atoms with van der Waals surface area (Å²) in [6.45, 7) is 4.47. The monoisotopic (exact) mass is 258 g/mol. The molecule has 100 valence electrons. The number of hydrogen-bond donors (Lipinski definition) is 1. The molecule has 0 fully saturated rings. The van der Waals surface area contributed by atoms with Gasteiger partial charge in [-0.3, -0.25) is 0 Å². The topological polar surface area (TPSA) is 38.7 Å². The van der Waals surface area contributed by atoms with Gasteiger partial charge in [-0.05, 0) is 55.8 Å². The van der Waals surface area contributed by atoms with Crippen molar-refractivity contribution < 1.29 is 14.6 Å². The van der Waals surface area contributed by atoms with Crippen LogP contribution in [-0.2, 0) is 6.61 Å². The van der Waals surface area contributed by atoms with Crippen LogP contribution in [-0.4, -0.2) is 11.2 Å². The largest absolute Gasteiger partial charge is 0.508 e. The summed E-state index contributed by atoms with van der Waals surface area (Å²) in [5, 5.41) is 9.19. The van der Waals surface area contributed by atoms with E-state index in [0.29, 0.717) is 6.61 Å². The Balaban J connectivity index is 1.91. The summed E-state index contributed by atoms with van der Waals surface area (Å²) in [6, 6.07) is 14.5. The number of benzene rings is 2. The van der Waals surface area contributed by atoms with E-state index in [4.69, 9.17) is 9.47 Å². The van der Waals surface area contributed by atoms with Crippen LogP contribution in [0.5, 0.6) is 17.2 Å². The van der Waals surface area contributed by atoms with Crippen LogP contribution >= 0.6 is 0 Å². The van der Waals surface area contributed by atoms with Gasteiger partial charge in [-0.25, -0.2) is 0 Å². The molecule has 0 aliphatic rings. The van der Waals surface area contributed by atoms with E-state index in [0.717, 1.165) is 17.1 Å². The second-order valence-electron chi connectivity index (χ2n) is 4.59. The van der Waals surface area contributed by atoms with Gasteiger partial charge in [0.15, 0.2) is 0 Å². The lowest BCUT2D eigenvalue weighted by Gasteiger charge is -2.11. The molecule has 1 N–H and O–H groups in total. The fourth-order valence-corrected chi connectivity index (χ4v) is 1.65.